The molecule has 0 aromatic heterocycles. The highest BCUT2D eigenvalue weighted by atomic mass is 16.1. The number of anilines is 1. The fraction of sp³-hybridized carbons (Fsp3) is 0.357. The molecule has 0 bridgehead atoms. The van der Waals surface area contributed by atoms with Crippen LogP contribution in [0, 0.1) is 22.7 Å². The number of carbonyl (C=O) groups is 1. The molecule has 2 N–H and O–H groups in total. The molecule has 0 unspecified atom stereocenters. The quantitative estimate of drug-likeness (QED) is 0.759. The van der Waals surface area contributed by atoms with Gasteiger partial charge in [-0.05, 0) is 24.6 Å². The van der Waals surface area contributed by atoms with E-state index >= 15 is 0 Å². The number of hydrogen-bond acceptors (Lipinski definition) is 4. The van der Waals surface area contributed by atoms with E-state index in [0.29, 0.717) is 23.4 Å². The van der Waals surface area contributed by atoms with E-state index in [2.05, 4.69) is 17.6 Å². The number of amides is 1. The van der Waals surface area contributed by atoms with Crippen molar-refractivity contribution in [3.63, 3.8) is 0 Å². The van der Waals surface area contributed by atoms with E-state index in [9.17, 15) is 4.79 Å². The van der Waals surface area contributed by atoms with Crippen LogP contribution < -0.4 is 10.6 Å². The Kier molecular flexibility index (Phi) is 5.91. The van der Waals surface area contributed by atoms with Crippen molar-refractivity contribution >= 4 is 11.6 Å². The predicted molar refractivity (Wildman–Crippen MR) is 72.3 cm³/mol. The van der Waals surface area contributed by atoms with Crippen molar-refractivity contribution in [1.29, 1.82) is 10.5 Å². The van der Waals surface area contributed by atoms with Gasteiger partial charge in [-0.2, -0.15) is 10.5 Å². The topological polar surface area (TPSA) is 88.7 Å². The summed E-state index contributed by atoms with van der Waals surface area (Å²) in [4.78, 5) is 11.5. The molecule has 5 nitrogen and oxygen atoms in total. The van der Waals surface area contributed by atoms with Crippen LogP contribution in [0.15, 0.2) is 18.2 Å². The van der Waals surface area contributed by atoms with Gasteiger partial charge in [0.15, 0.2) is 0 Å². The molecule has 0 aliphatic rings. The van der Waals surface area contributed by atoms with E-state index < -0.39 is 0 Å². The average Bonchev–Trinajstić information content (AvgIpc) is 2.45. The zero-order valence-corrected chi connectivity index (χ0v) is 10.9. The highest BCUT2D eigenvalue weighted by Gasteiger charge is 2.04. The Labute approximate surface area is 112 Å². The lowest BCUT2D eigenvalue weighted by molar-refractivity contribution is -0.119. The minimum Gasteiger partial charge on any atom is -0.376 e. The zero-order valence-electron chi connectivity index (χ0n) is 10.9. The third-order valence-electron chi connectivity index (χ3n) is 2.57. The summed E-state index contributed by atoms with van der Waals surface area (Å²) in [5.41, 5.74) is 1.29. The van der Waals surface area contributed by atoms with Gasteiger partial charge in [0.25, 0.3) is 0 Å². The van der Waals surface area contributed by atoms with E-state index in [1.165, 1.54) is 0 Å². The van der Waals surface area contributed by atoms with Crippen LogP contribution in [0.5, 0.6) is 0 Å². The molecule has 98 valence electrons. The van der Waals surface area contributed by atoms with Gasteiger partial charge in [-0.3, -0.25) is 4.79 Å². The lowest BCUT2D eigenvalue weighted by atomic mass is 10.1. The number of nitrogens with one attached hydrogen (secondary N) is 2. The van der Waals surface area contributed by atoms with Crippen LogP contribution in [0.4, 0.5) is 5.69 Å². The molecule has 0 spiro atoms. The number of carbonyl (C=O) groups excluding carboxylic acids is 1. The minimum absolute atomic E-state index is 0.0867. The highest BCUT2D eigenvalue weighted by molar-refractivity contribution is 5.80. The summed E-state index contributed by atoms with van der Waals surface area (Å²) in [7, 11) is 0. The number of nitriles is 2. The van der Waals surface area contributed by atoms with E-state index in [4.69, 9.17) is 10.5 Å². The summed E-state index contributed by atoms with van der Waals surface area (Å²) in [5.74, 6) is -0.0867. The average molecular weight is 256 g/mol. The van der Waals surface area contributed by atoms with Gasteiger partial charge in [0, 0.05) is 12.2 Å². The minimum atomic E-state index is -0.0867. The van der Waals surface area contributed by atoms with Crippen LogP contribution in [0.1, 0.15) is 30.9 Å². The first-order chi connectivity index (χ1) is 9.21. The molecule has 19 heavy (non-hydrogen) atoms. The van der Waals surface area contributed by atoms with Gasteiger partial charge in [-0.1, -0.05) is 13.3 Å². The Morgan fingerprint density at radius 3 is 2.63 bits per heavy atom. The molecule has 1 amide bonds. The first-order valence-corrected chi connectivity index (χ1v) is 6.16. The lowest BCUT2D eigenvalue weighted by Gasteiger charge is -2.08. The molecule has 0 radical (unpaired) electrons. The SMILES string of the molecule is CCCCNC(=O)CNc1ccc(C#N)c(C#N)c1. The van der Waals surface area contributed by atoms with Gasteiger partial charge in [-0.25, -0.2) is 0 Å². The third kappa shape index (κ3) is 4.69. The van der Waals surface area contributed by atoms with E-state index in [0.717, 1.165) is 12.8 Å². The first kappa shape index (κ1) is 14.5. The predicted octanol–water partition coefficient (Wildman–Crippen LogP) is 1.76. The summed E-state index contributed by atoms with van der Waals surface area (Å²) in [5, 5.41) is 23.4. The van der Waals surface area contributed by atoms with Crippen molar-refractivity contribution in [1.82, 2.24) is 5.32 Å². The number of nitrogens with zero attached hydrogens (tertiary/aromatic N) is 2. The summed E-state index contributed by atoms with van der Waals surface area (Å²) < 4.78 is 0. The Morgan fingerprint density at radius 1 is 1.26 bits per heavy atom. The molecule has 1 rings (SSSR count). The molecule has 0 aliphatic heterocycles. The van der Waals surface area contributed by atoms with Crippen LogP contribution in [0.25, 0.3) is 0 Å². The van der Waals surface area contributed by atoms with Crippen LogP contribution in [-0.2, 0) is 4.79 Å². The van der Waals surface area contributed by atoms with Crippen molar-refractivity contribution in [3.8, 4) is 12.1 Å². The first-order valence-electron chi connectivity index (χ1n) is 6.16. The van der Waals surface area contributed by atoms with Crippen molar-refractivity contribution in [2.24, 2.45) is 0 Å². The van der Waals surface area contributed by atoms with Crippen LogP contribution in [0.2, 0.25) is 0 Å². The zero-order chi connectivity index (χ0) is 14.1. The normalized spacial score (nSPS) is 9.21. The Balaban J connectivity index is 2.53. The van der Waals surface area contributed by atoms with E-state index in [1.54, 1.807) is 18.2 Å². The smallest absolute Gasteiger partial charge is 0.239 e. The summed E-state index contributed by atoms with van der Waals surface area (Å²) >= 11 is 0. The van der Waals surface area contributed by atoms with Gasteiger partial charge in [0.05, 0.1) is 17.7 Å². The van der Waals surface area contributed by atoms with Crippen LogP contribution in [0.3, 0.4) is 0 Å². The van der Waals surface area contributed by atoms with E-state index in [1.807, 2.05) is 12.1 Å². The van der Waals surface area contributed by atoms with Gasteiger partial charge in [-0.15, -0.1) is 0 Å². The summed E-state index contributed by atoms with van der Waals surface area (Å²) in [6.07, 6.45) is 2.00. The molecule has 5 heteroatoms. The Hall–Kier alpha value is -2.53. The molecule has 1 aromatic carbocycles. The van der Waals surface area contributed by atoms with Gasteiger partial charge in [0.1, 0.15) is 12.1 Å². The third-order valence-corrected chi connectivity index (χ3v) is 2.57. The molecular formula is C14H16N4O. The summed E-state index contributed by atoms with van der Waals surface area (Å²) in [6, 6.07) is 8.71. The maximum atomic E-state index is 11.5. The summed E-state index contributed by atoms with van der Waals surface area (Å²) in [6.45, 7) is 2.89. The molecular weight excluding hydrogens is 240 g/mol. The molecule has 0 heterocycles. The number of unbranched alkanes of at least 4 members (excludes halogenated alkanes) is 1. The monoisotopic (exact) mass is 256 g/mol. The number of rotatable bonds is 6. The second-order valence-corrected chi connectivity index (χ2v) is 4.04. The van der Waals surface area contributed by atoms with Crippen molar-refractivity contribution in [2.75, 3.05) is 18.4 Å². The van der Waals surface area contributed by atoms with Crippen molar-refractivity contribution in [3.05, 3.63) is 29.3 Å². The molecule has 0 fully saturated rings. The Bertz CT molecular complexity index is 525. The van der Waals surface area contributed by atoms with Crippen molar-refractivity contribution < 1.29 is 4.79 Å². The molecule has 0 saturated carbocycles. The molecule has 0 saturated heterocycles. The largest absolute Gasteiger partial charge is 0.376 e. The number of hydrogen-bond donors (Lipinski definition) is 2. The molecule has 1 aromatic rings. The fourth-order valence-electron chi connectivity index (χ4n) is 1.49. The standard InChI is InChI=1S/C14H16N4O/c1-2-3-6-17-14(19)10-18-13-5-4-11(8-15)12(7-13)9-16/h4-5,7,18H,2-3,6,10H2,1H3,(H,17,19). The lowest BCUT2D eigenvalue weighted by Crippen LogP contribution is -2.30. The molecule has 0 atom stereocenters. The van der Waals surface area contributed by atoms with Crippen LogP contribution in [-0.4, -0.2) is 19.0 Å². The van der Waals surface area contributed by atoms with Crippen LogP contribution >= 0.6 is 0 Å². The second-order valence-electron chi connectivity index (χ2n) is 4.04. The highest BCUT2D eigenvalue weighted by Crippen LogP contribution is 2.14. The second kappa shape index (κ2) is 7.73. The van der Waals surface area contributed by atoms with Gasteiger partial charge >= 0.3 is 0 Å². The maximum absolute atomic E-state index is 11.5. The van der Waals surface area contributed by atoms with Crippen molar-refractivity contribution in [2.45, 2.75) is 19.8 Å². The maximum Gasteiger partial charge on any atom is 0.239 e. The number of benzene rings is 1. The fourth-order valence-corrected chi connectivity index (χ4v) is 1.49. The Morgan fingerprint density at radius 2 is 2.00 bits per heavy atom. The molecule has 0 aliphatic carbocycles. The van der Waals surface area contributed by atoms with Gasteiger partial charge < -0.3 is 10.6 Å². The van der Waals surface area contributed by atoms with Gasteiger partial charge in [0.2, 0.25) is 5.91 Å². The van der Waals surface area contributed by atoms with E-state index in [-0.39, 0.29) is 12.5 Å².